The summed E-state index contributed by atoms with van der Waals surface area (Å²) in [7, 11) is 1.36. The van der Waals surface area contributed by atoms with Crippen LogP contribution in [0.3, 0.4) is 0 Å². The second kappa shape index (κ2) is 5.29. The van der Waals surface area contributed by atoms with Gasteiger partial charge in [0.1, 0.15) is 0 Å². The van der Waals surface area contributed by atoms with Crippen molar-refractivity contribution in [2.75, 3.05) is 7.11 Å². The van der Waals surface area contributed by atoms with Gasteiger partial charge in [-0.05, 0) is 18.8 Å². The van der Waals surface area contributed by atoms with Crippen molar-refractivity contribution >= 4 is 5.97 Å². The average Bonchev–Trinajstić information content (AvgIpc) is 2.87. The van der Waals surface area contributed by atoms with E-state index in [4.69, 9.17) is 0 Å². The molecular formula is C12H19N3O2. The summed E-state index contributed by atoms with van der Waals surface area (Å²) in [5.41, 5.74) is 0.297. The molecule has 1 aliphatic rings. The number of aromatic nitrogens is 3. The zero-order valence-corrected chi connectivity index (χ0v) is 10.4. The van der Waals surface area contributed by atoms with Crippen LogP contribution < -0.4 is 0 Å². The van der Waals surface area contributed by atoms with E-state index in [1.807, 2.05) is 4.68 Å². The first-order valence-corrected chi connectivity index (χ1v) is 6.24. The van der Waals surface area contributed by atoms with Crippen molar-refractivity contribution < 1.29 is 9.53 Å². The molecule has 0 bridgehead atoms. The van der Waals surface area contributed by atoms with Crippen molar-refractivity contribution in [3.63, 3.8) is 0 Å². The lowest BCUT2D eigenvalue weighted by atomic mass is 9.84. The Labute approximate surface area is 101 Å². The summed E-state index contributed by atoms with van der Waals surface area (Å²) in [6.45, 7) is 2.23. The number of hydrogen-bond acceptors (Lipinski definition) is 4. The highest BCUT2D eigenvalue weighted by molar-refractivity contribution is 5.86. The predicted octanol–water partition coefficient (Wildman–Crippen LogP) is 2.21. The van der Waals surface area contributed by atoms with Crippen LogP contribution in [0.2, 0.25) is 0 Å². The van der Waals surface area contributed by atoms with Gasteiger partial charge in [0.2, 0.25) is 0 Å². The second-order valence-electron chi connectivity index (χ2n) is 4.67. The smallest absolute Gasteiger partial charge is 0.360 e. The number of carbonyl (C=O) groups is 1. The minimum atomic E-state index is -0.417. The Hall–Kier alpha value is -1.39. The lowest BCUT2D eigenvalue weighted by Crippen LogP contribution is -2.19. The van der Waals surface area contributed by atoms with E-state index in [1.165, 1.54) is 26.4 Å². The molecular weight excluding hydrogens is 218 g/mol. The van der Waals surface area contributed by atoms with E-state index in [0.29, 0.717) is 11.7 Å². The van der Waals surface area contributed by atoms with E-state index >= 15 is 0 Å². The third kappa shape index (κ3) is 2.65. The van der Waals surface area contributed by atoms with Gasteiger partial charge in [0, 0.05) is 0 Å². The molecule has 0 saturated heterocycles. The van der Waals surface area contributed by atoms with Crippen LogP contribution >= 0.6 is 0 Å². The fourth-order valence-corrected chi connectivity index (χ4v) is 2.53. The molecule has 17 heavy (non-hydrogen) atoms. The molecule has 1 fully saturated rings. The monoisotopic (exact) mass is 237 g/mol. The van der Waals surface area contributed by atoms with E-state index in [9.17, 15) is 4.79 Å². The molecule has 94 valence electrons. The molecule has 5 heteroatoms. The Bertz CT molecular complexity index is 389. The van der Waals surface area contributed by atoms with Crippen molar-refractivity contribution in [2.45, 2.75) is 45.1 Å². The lowest BCUT2D eigenvalue weighted by molar-refractivity contribution is 0.0594. The lowest BCUT2D eigenvalue weighted by Gasteiger charge is -2.28. The molecule has 0 N–H and O–H groups in total. The highest BCUT2D eigenvalue weighted by Crippen LogP contribution is 2.33. The van der Waals surface area contributed by atoms with Crippen molar-refractivity contribution in [1.29, 1.82) is 0 Å². The maximum absolute atomic E-state index is 11.3. The molecule has 0 amide bonds. The van der Waals surface area contributed by atoms with Gasteiger partial charge in [0.25, 0.3) is 0 Å². The zero-order chi connectivity index (χ0) is 12.3. The van der Waals surface area contributed by atoms with Gasteiger partial charge in [-0.3, -0.25) is 0 Å². The Balaban J connectivity index is 2.06. The first kappa shape index (κ1) is 12.1. The summed E-state index contributed by atoms with van der Waals surface area (Å²) in [5.74, 6) is 0.360. The van der Waals surface area contributed by atoms with Gasteiger partial charge in [-0.2, -0.15) is 0 Å². The number of nitrogens with zero attached hydrogens (tertiary/aromatic N) is 3. The van der Waals surface area contributed by atoms with E-state index < -0.39 is 5.97 Å². The van der Waals surface area contributed by atoms with Crippen LogP contribution in [0, 0.1) is 5.92 Å². The van der Waals surface area contributed by atoms with Crippen LogP contribution in [0.4, 0.5) is 0 Å². The Morgan fingerprint density at radius 2 is 2.41 bits per heavy atom. The Kier molecular flexibility index (Phi) is 3.76. The summed E-state index contributed by atoms with van der Waals surface area (Å²) in [5, 5.41) is 7.89. The molecule has 1 saturated carbocycles. The molecule has 2 unspecified atom stereocenters. The van der Waals surface area contributed by atoms with Crippen LogP contribution in [-0.2, 0) is 4.74 Å². The van der Waals surface area contributed by atoms with Crippen molar-refractivity contribution in [2.24, 2.45) is 5.92 Å². The first-order valence-electron chi connectivity index (χ1n) is 6.24. The van der Waals surface area contributed by atoms with E-state index in [-0.39, 0.29) is 0 Å². The largest absolute Gasteiger partial charge is 0.464 e. The van der Waals surface area contributed by atoms with Crippen LogP contribution in [0.15, 0.2) is 6.20 Å². The van der Waals surface area contributed by atoms with Crippen molar-refractivity contribution in [1.82, 2.24) is 15.0 Å². The first-order chi connectivity index (χ1) is 8.24. The maximum atomic E-state index is 11.3. The van der Waals surface area contributed by atoms with Gasteiger partial charge in [-0.1, -0.05) is 31.4 Å². The average molecular weight is 237 g/mol. The van der Waals surface area contributed by atoms with Crippen LogP contribution in [-0.4, -0.2) is 28.1 Å². The minimum absolute atomic E-state index is 0.297. The molecule has 1 aliphatic carbocycles. The molecule has 0 aromatic carbocycles. The number of hydrogen-bond donors (Lipinski definition) is 0. The van der Waals surface area contributed by atoms with Gasteiger partial charge < -0.3 is 4.74 Å². The van der Waals surface area contributed by atoms with Gasteiger partial charge in [-0.25, -0.2) is 9.48 Å². The minimum Gasteiger partial charge on any atom is -0.464 e. The fraction of sp³-hybridized carbons (Fsp3) is 0.750. The van der Waals surface area contributed by atoms with Gasteiger partial charge >= 0.3 is 5.97 Å². The molecule has 0 radical (unpaired) electrons. The third-order valence-corrected chi connectivity index (χ3v) is 3.61. The Morgan fingerprint density at radius 3 is 3.12 bits per heavy atom. The molecule has 0 spiro atoms. The third-order valence-electron chi connectivity index (χ3n) is 3.61. The highest BCUT2D eigenvalue weighted by atomic mass is 16.5. The van der Waals surface area contributed by atoms with E-state index in [1.54, 1.807) is 6.20 Å². The second-order valence-corrected chi connectivity index (χ2v) is 4.67. The molecule has 1 aromatic heterocycles. The van der Waals surface area contributed by atoms with Crippen LogP contribution in [0.25, 0.3) is 0 Å². The summed E-state index contributed by atoms with van der Waals surface area (Å²) < 4.78 is 6.45. The van der Waals surface area contributed by atoms with Gasteiger partial charge in [-0.15, -0.1) is 5.10 Å². The number of rotatable bonds is 3. The normalized spacial score (nSPS) is 24.6. The molecule has 0 aliphatic heterocycles. The van der Waals surface area contributed by atoms with E-state index in [0.717, 1.165) is 18.8 Å². The molecule has 1 heterocycles. The topological polar surface area (TPSA) is 57.0 Å². The Morgan fingerprint density at radius 1 is 1.59 bits per heavy atom. The van der Waals surface area contributed by atoms with Crippen molar-refractivity contribution in [3.8, 4) is 0 Å². The summed E-state index contributed by atoms with van der Waals surface area (Å²) in [6, 6.07) is 0.389. The zero-order valence-electron chi connectivity index (χ0n) is 10.4. The predicted molar refractivity (Wildman–Crippen MR) is 62.6 cm³/mol. The number of ether oxygens (including phenoxy) is 1. The molecule has 2 rings (SSSR count). The summed E-state index contributed by atoms with van der Waals surface area (Å²) >= 11 is 0. The summed E-state index contributed by atoms with van der Waals surface area (Å²) in [6.07, 6.45) is 7.73. The number of methoxy groups -OCH3 is 1. The van der Waals surface area contributed by atoms with Crippen LogP contribution in [0.5, 0.6) is 0 Å². The maximum Gasteiger partial charge on any atom is 0.360 e. The quantitative estimate of drug-likeness (QED) is 0.756. The SMILES string of the molecule is CCC1CCCC(n2cc(C(=O)OC)nn2)C1. The summed E-state index contributed by atoms with van der Waals surface area (Å²) in [4.78, 5) is 11.3. The van der Waals surface area contributed by atoms with Crippen LogP contribution in [0.1, 0.15) is 55.6 Å². The molecule has 1 aromatic rings. The number of carbonyl (C=O) groups excluding carboxylic acids is 1. The number of esters is 1. The standard InChI is InChI=1S/C12H19N3O2/c1-3-9-5-4-6-10(7-9)15-8-11(13-14-15)12(16)17-2/h8-10H,3-7H2,1-2H3. The highest BCUT2D eigenvalue weighted by Gasteiger charge is 2.24. The van der Waals surface area contributed by atoms with Gasteiger partial charge in [0.05, 0.1) is 19.3 Å². The van der Waals surface area contributed by atoms with Gasteiger partial charge in [0.15, 0.2) is 5.69 Å². The molecule has 5 nitrogen and oxygen atoms in total. The van der Waals surface area contributed by atoms with E-state index in [2.05, 4.69) is 22.0 Å². The van der Waals surface area contributed by atoms with Crippen molar-refractivity contribution in [3.05, 3.63) is 11.9 Å². The molecule has 2 atom stereocenters. The fourth-order valence-electron chi connectivity index (χ4n) is 2.53.